The fraction of sp³-hybridized carbons (Fsp3) is 0.500. The molecule has 1 rings (SSSR count). The van der Waals surface area contributed by atoms with Crippen LogP contribution < -0.4 is 10.5 Å². The number of hydrogen-bond acceptors (Lipinski definition) is 3. The number of halogens is 2. The molecule has 7 heteroatoms. The predicted molar refractivity (Wildman–Crippen MR) is 79.4 cm³/mol. The van der Waals surface area contributed by atoms with Crippen molar-refractivity contribution < 1.29 is 8.42 Å². The largest absolute Gasteiger partial charge is 0.327 e. The quantitative estimate of drug-likeness (QED) is 0.874. The zero-order valence-corrected chi connectivity index (χ0v) is 13.5. The van der Waals surface area contributed by atoms with Crippen molar-refractivity contribution in [3.05, 3.63) is 27.2 Å². The Balaban J connectivity index is 3.22. The number of sulfonamides is 1. The molecule has 0 spiro atoms. The standard InChI is InChI=1S/C12H18Cl2N2O2S/c1-4-9(15)6-16-19(17,18)12-8(3)10(13)5-7(2)11(12)14/h5,9,16H,4,6,15H2,1-3H3. The second-order valence-electron chi connectivity index (χ2n) is 4.46. The summed E-state index contributed by atoms with van der Waals surface area (Å²) < 4.78 is 27.0. The molecule has 1 unspecified atom stereocenters. The molecule has 108 valence electrons. The van der Waals surface area contributed by atoms with Crippen molar-refractivity contribution in [2.24, 2.45) is 5.73 Å². The second kappa shape index (κ2) is 6.41. The summed E-state index contributed by atoms with van der Waals surface area (Å²) >= 11 is 12.1. The van der Waals surface area contributed by atoms with E-state index in [9.17, 15) is 8.42 Å². The van der Waals surface area contributed by atoms with E-state index < -0.39 is 10.0 Å². The summed E-state index contributed by atoms with van der Waals surface area (Å²) in [6, 6.07) is 1.42. The molecule has 1 atom stereocenters. The van der Waals surface area contributed by atoms with Crippen LogP contribution in [0.15, 0.2) is 11.0 Å². The van der Waals surface area contributed by atoms with Crippen LogP contribution >= 0.6 is 23.2 Å². The van der Waals surface area contributed by atoms with Crippen LogP contribution in [0.4, 0.5) is 0 Å². The van der Waals surface area contributed by atoms with Gasteiger partial charge in [-0.2, -0.15) is 0 Å². The van der Waals surface area contributed by atoms with Gasteiger partial charge in [0.25, 0.3) is 0 Å². The predicted octanol–water partition coefficient (Wildman–Crippen LogP) is 2.63. The smallest absolute Gasteiger partial charge is 0.242 e. The first-order valence-electron chi connectivity index (χ1n) is 5.91. The molecule has 19 heavy (non-hydrogen) atoms. The molecule has 1 aromatic rings. The summed E-state index contributed by atoms with van der Waals surface area (Å²) in [5.74, 6) is 0. The van der Waals surface area contributed by atoms with Gasteiger partial charge in [-0.15, -0.1) is 0 Å². The molecule has 0 fully saturated rings. The summed E-state index contributed by atoms with van der Waals surface area (Å²) in [4.78, 5) is 0.0301. The summed E-state index contributed by atoms with van der Waals surface area (Å²) in [7, 11) is -3.72. The van der Waals surface area contributed by atoms with E-state index in [0.717, 1.165) is 0 Å². The highest BCUT2D eigenvalue weighted by Gasteiger charge is 2.24. The van der Waals surface area contributed by atoms with Crippen LogP contribution in [0, 0.1) is 13.8 Å². The minimum atomic E-state index is -3.72. The molecule has 0 aliphatic rings. The van der Waals surface area contributed by atoms with Gasteiger partial charge in [-0.05, 0) is 37.5 Å². The van der Waals surface area contributed by atoms with Crippen LogP contribution in [0.1, 0.15) is 24.5 Å². The molecule has 0 aliphatic heterocycles. The van der Waals surface area contributed by atoms with Gasteiger partial charge in [-0.1, -0.05) is 30.1 Å². The molecule has 0 aliphatic carbocycles. The first-order chi connectivity index (χ1) is 8.70. The monoisotopic (exact) mass is 324 g/mol. The molecular weight excluding hydrogens is 307 g/mol. The lowest BCUT2D eigenvalue weighted by atomic mass is 10.2. The summed E-state index contributed by atoms with van der Waals surface area (Å²) in [5, 5.41) is 0.571. The van der Waals surface area contributed by atoms with Crippen molar-refractivity contribution in [2.75, 3.05) is 6.54 Å². The van der Waals surface area contributed by atoms with Crippen LogP contribution in [-0.2, 0) is 10.0 Å². The van der Waals surface area contributed by atoms with Crippen molar-refractivity contribution in [2.45, 2.75) is 38.1 Å². The molecule has 0 bridgehead atoms. The van der Waals surface area contributed by atoms with Crippen LogP contribution in [0.5, 0.6) is 0 Å². The molecule has 4 nitrogen and oxygen atoms in total. The third kappa shape index (κ3) is 3.83. The summed E-state index contributed by atoms with van der Waals surface area (Å²) in [6.45, 7) is 5.40. The van der Waals surface area contributed by atoms with Crippen molar-refractivity contribution in [1.29, 1.82) is 0 Å². The fourth-order valence-corrected chi connectivity index (χ4v) is 3.87. The van der Waals surface area contributed by atoms with E-state index in [1.54, 1.807) is 19.9 Å². The van der Waals surface area contributed by atoms with Crippen LogP contribution in [0.3, 0.4) is 0 Å². The molecular formula is C12H18Cl2N2O2S. The van der Waals surface area contributed by atoms with Crippen LogP contribution in [0.2, 0.25) is 10.0 Å². The Hall–Kier alpha value is -0.330. The van der Waals surface area contributed by atoms with E-state index in [1.165, 1.54) is 0 Å². The normalized spacial score (nSPS) is 13.6. The molecule has 0 saturated heterocycles. The molecule has 3 N–H and O–H groups in total. The topological polar surface area (TPSA) is 72.2 Å². The van der Waals surface area contributed by atoms with Gasteiger partial charge in [0, 0.05) is 17.6 Å². The highest BCUT2D eigenvalue weighted by Crippen LogP contribution is 2.33. The Morgan fingerprint density at radius 1 is 1.37 bits per heavy atom. The molecule has 0 heterocycles. The third-order valence-electron chi connectivity index (χ3n) is 2.92. The second-order valence-corrected chi connectivity index (χ2v) is 6.95. The highest BCUT2D eigenvalue weighted by atomic mass is 35.5. The zero-order valence-electron chi connectivity index (χ0n) is 11.1. The number of aryl methyl sites for hydroxylation is 1. The maximum Gasteiger partial charge on any atom is 0.242 e. The van der Waals surface area contributed by atoms with Crippen molar-refractivity contribution in [3.8, 4) is 0 Å². The highest BCUT2D eigenvalue weighted by molar-refractivity contribution is 7.89. The van der Waals surface area contributed by atoms with Crippen molar-refractivity contribution in [1.82, 2.24) is 4.72 Å². The number of nitrogens with one attached hydrogen (secondary N) is 1. The Bertz CT molecular complexity index is 547. The Labute approximate surface area is 124 Å². The molecule has 1 aromatic carbocycles. The van der Waals surface area contributed by atoms with E-state index >= 15 is 0 Å². The van der Waals surface area contributed by atoms with Gasteiger partial charge in [-0.3, -0.25) is 0 Å². The van der Waals surface area contributed by atoms with Gasteiger partial charge in [0.05, 0.1) is 5.02 Å². The SMILES string of the molecule is CCC(N)CNS(=O)(=O)c1c(C)c(Cl)cc(C)c1Cl. The maximum atomic E-state index is 12.3. The molecule has 0 aromatic heterocycles. The van der Waals surface area contributed by atoms with Crippen LogP contribution in [-0.4, -0.2) is 21.0 Å². The number of rotatable bonds is 5. The lowest BCUT2D eigenvalue weighted by Crippen LogP contribution is -2.37. The van der Waals surface area contributed by atoms with Gasteiger partial charge in [0.15, 0.2) is 0 Å². The van der Waals surface area contributed by atoms with E-state index in [-0.39, 0.29) is 22.5 Å². The minimum absolute atomic E-state index is 0.0301. The summed E-state index contributed by atoms with van der Waals surface area (Å²) in [5.41, 5.74) is 6.77. The average Bonchev–Trinajstić information content (AvgIpc) is 2.33. The lowest BCUT2D eigenvalue weighted by molar-refractivity contribution is 0.563. The Morgan fingerprint density at radius 3 is 2.47 bits per heavy atom. The number of nitrogens with two attached hydrogens (primary N) is 1. The van der Waals surface area contributed by atoms with Crippen LogP contribution in [0.25, 0.3) is 0 Å². The number of hydrogen-bond donors (Lipinski definition) is 2. The third-order valence-corrected chi connectivity index (χ3v) is 5.50. The van der Waals surface area contributed by atoms with Crippen molar-refractivity contribution >= 4 is 33.2 Å². The van der Waals surface area contributed by atoms with E-state index in [2.05, 4.69) is 4.72 Å². The first kappa shape index (κ1) is 16.7. The molecule has 0 amide bonds. The Kier molecular flexibility index (Phi) is 5.65. The fourth-order valence-electron chi connectivity index (χ4n) is 1.57. The lowest BCUT2D eigenvalue weighted by Gasteiger charge is -2.15. The van der Waals surface area contributed by atoms with Crippen molar-refractivity contribution in [3.63, 3.8) is 0 Å². The van der Waals surface area contributed by atoms with Gasteiger partial charge >= 0.3 is 0 Å². The van der Waals surface area contributed by atoms with E-state index in [0.29, 0.717) is 22.6 Å². The van der Waals surface area contributed by atoms with Gasteiger partial charge < -0.3 is 5.73 Å². The van der Waals surface area contributed by atoms with E-state index in [1.807, 2.05) is 6.92 Å². The average molecular weight is 325 g/mol. The van der Waals surface area contributed by atoms with Gasteiger partial charge in [0.2, 0.25) is 10.0 Å². The van der Waals surface area contributed by atoms with Gasteiger partial charge in [-0.25, -0.2) is 13.1 Å². The maximum absolute atomic E-state index is 12.3. The minimum Gasteiger partial charge on any atom is -0.327 e. The zero-order chi connectivity index (χ0) is 14.8. The summed E-state index contributed by atoms with van der Waals surface area (Å²) in [6.07, 6.45) is 0.684. The van der Waals surface area contributed by atoms with E-state index in [4.69, 9.17) is 28.9 Å². The number of benzene rings is 1. The molecule has 0 radical (unpaired) electrons. The molecule has 0 saturated carbocycles. The Morgan fingerprint density at radius 2 is 1.95 bits per heavy atom. The van der Waals surface area contributed by atoms with Gasteiger partial charge in [0.1, 0.15) is 4.90 Å². The first-order valence-corrected chi connectivity index (χ1v) is 8.15.